The van der Waals surface area contributed by atoms with Crippen LogP contribution in [0.4, 0.5) is 0 Å². The molecule has 0 bridgehead atoms. The summed E-state index contributed by atoms with van der Waals surface area (Å²) in [5.41, 5.74) is 3.35. The van der Waals surface area contributed by atoms with Gasteiger partial charge in [-0.3, -0.25) is 0 Å². The zero-order valence-corrected chi connectivity index (χ0v) is 20.0. The Balaban J connectivity index is 0.00000324. The number of halogens is 2. The van der Waals surface area contributed by atoms with Crippen molar-refractivity contribution < 1.29 is 24.5 Å². The number of aliphatic hydroxyl groups excluding tert-OH is 1. The molecule has 4 rings (SSSR count). The van der Waals surface area contributed by atoms with Gasteiger partial charge in [0.15, 0.2) is 6.61 Å². The SMILES string of the molecule is Cl.O=C(O)COc1ccc(Oc2ccc3c(c2)C[C@@H](NC[C@@H](O)c2cccc(Cl)c2)CC3)cc1. The van der Waals surface area contributed by atoms with Gasteiger partial charge in [0.1, 0.15) is 17.2 Å². The number of ether oxygens (including phenoxy) is 2. The lowest BCUT2D eigenvalue weighted by molar-refractivity contribution is -0.139. The van der Waals surface area contributed by atoms with Crippen LogP contribution in [-0.2, 0) is 17.6 Å². The summed E-state index contributed by atoms with van der Waals surface area (Å²) in [6.07, 6.45) is 2.22. The molecule has 0 saturated carbocycles. The van der Waals surface area contributed by atoms with Gasteiger partial charge in [-0.1, -0.05) is 29.8 Å². The van der Waals surface area contributed by atoms with Gasteiger partial charge in [0.2, 0.25) is 0 Å². The molecule has 2 atom stereocenters. The van der Waals surface area contributed by atoms with E-state index in [1.807, 2.05) is 18.2 Å². The molecule has 0 aromatic heterocycles. The number of aliphatic hydroxyl groups is 1. The molecule has 0 saturated heterocycles. The number of aryl methyl sites for hydroxylation is 1. The maximum Gasteiger partial charge on any atom is 0.341 e. The zero-order valence-electron chi connectivity index (χ0n) is 18.4. The number of hydrogen-bond acceptors (Lipinski definition) is 5. The molecule has 3 aromatic rings. The zero-order chi connectivity index (χ0) is 23.2. The molecule has 0 unspecified atom stereocenters. The molecule has 34 heavy (non-hydrogen) atoms. The smallest absolute Gasteiger partial charge is 0.341 e. The topological polar surface area (TPSA) is 88.0 Å². The van der Waals surface area contributed by atoms with Crippen molar-refractivity contribution in [3.05, 3.63) is 88.4 Å². The molecule has 0 spiro atoms. The third-order valence-corrected chi connectivity index (χ3v) is 5.90. The van der Waals surface area contributed by atoms with Crippen molar-refractivity contribution in [1.29, 1.82) is 0 Å². The number of aliphatic carboxylic acids is 1. The fourth-order valence-corrected chi connectivity index (χ4v) is 4.16. The van der Waals surface area contributed by atoms with Crippen LogP contribution in [0.1, 0.15) is 29.2 Å². The van der Waals surface area contributed by atoms with E-state index in [0.717, 1.165) is 30.6 Å². The van der Waals surface area contributed by atoms with E-state index in [2.05, 4.69) is 17.4 Å². The standard InChI is InChI=1S/C26H26ClNO5.ClH/c27-20-3-1-2-18(12-20)25(29)15-28-21-6-4-17-5-7-24(14-19(17)13-21)33-23-10-8-22(9-11-23)32-16-26(30)31;/h1-3,5,7-12,14,21,25,28-29H,4,6,13,15-16H2,(H,30,31);1H/t21-,25+;/m0./s1. The molecule has 180 valence electrons. The second-order valence-electron chi connectivity index (χ2n) is 8.11. The van der Waals surface area contributed by atoms with E-state index in [4.69, 9.17) is 26.2 Å². The van der Waals surface area contributed by atoms with Crippen LogP contribution in [-0.4, -0.2) is 35.4 Å². The van der Waals surface area contributed by atoms with Gasteiger partial charge in [0.05, 0.1) is 6.10 Å². The van der Waals surface area contributed by atoms with Gasteiger partial charge in [-0.2, -0.15) is 0 Å². The van der Waals surface area contributed by atoms with Crippen molar-refractivity contribution in [2.75, 3.05) is 13.2 Å². The van der Waals surface area contributed by atoms with Gasteiger partial charge in [-0.25, -0.2) is 4.79 Å². The number of rotatable bonds is 9. The van der Waals surface area contributed by atoms with Crippen LogP contribution < -0.4 is 14.8 Å². The van der Waals surface area contributed by atoms with Crippen molar-refractivity contribution in [3.63, 3.8) is 0 Å². The van der Waals surface area contributed by atoms with Gasteiger partial charge in [-0.15, -0.1) is 12.4 Å². The molecule has 0 amide bonds. The molecular weight excluding hydrogens is 477 g/mol. The van der Waals surface area contributed by atoms with Crippen LogP contribution >= 0.6 is 24.0 Å². The number of hydrogen-bond donors (Lipinski definition) is 3. The van der Waals surface area contributed by atoms with Gasteiger partial charge in [-0.05, 0) is 84.5 Å². The van der Waals surface area contributed by atoms with E-state index in [1.54, 1.807) is 36.4 Å². The first kappa shape index (κ1) is 25.8. The summed E-state index contributed by atoms with van der Waals surface area (Å²) in [5, 5.41) is 23.3. The minimum absolute atomic E-state index is 0. The largest absolute Gasteiger partial charge is 0.482 e. The first-order chi connectivity index (χ1) is 16.0. The van der Waals surface area contributed by atoms with Crippen LogP contribution in [0.2, 0.25) is 5.02 Å². The Kier molecular flexibility index (Phi) is 9.19. The number of carbonyl (C=O) groups is 1. The fraction of sp³-hybridized carbons (Fsp3) is 0.269. The number of benzene rings is 3. The highest BCUT2D eigenvalue weighted by Gasteiger charge is 2.20. The molecule has 0 fully saturated rings. The van der Waals surface area contributed by atoms with E-state index in [9.17, 15) is 9.90 Å². The molecule has 3 aromatic carbocycles. The third-order valence-electron chi connectivity index (χ3n) is 5.66. The summed E-state index contributed by atoms with van der Waals surface area (Å²) >= 11 is 6.03. The first-order valence-electron chi connectivity index (χ1n) is 10.9. The van der Waals surface area contributed by atoms with Crippen molar-refractivity contribution in [3.8, 4) is 17.2 Å². The summed E-state index contributed by atoms with van der Waals surface area (Å²) in [4.78, 5) is 10.6. The molecule has 0 radical (unpaired) electrons. The van der Waals surface area contributed by atoms with E-state index in [-0.39, 0.29) is 25.1 Å². The highest BCUT2D eigenvalue weighted by atomic mass is 35.5. The van der Waals surface area contributed by atoms with Crippen molar-refractivity contribution >= 4 is 30.0 Å². The van der Waals surface area contributed by atoms with E-state index in [0.29, 0.717) is 23.1 Å². The van der Waals surface area contributed by atoms with Crippen LogP contribution in [0.25, 0.3) is 0 Å². The summed E-state index contributed by atoms with van der Waals surface area (Å²) in [7, 11) is 0. The predicted octanol–water partition coefficient (Wildman–Crippen LogP) is 5.20. The Hall–Kier alpha value is -2.77. The highest BCUT2D eigenvalue weighted by molar-refractivity contribution is 6.30. The quantitative estimate of drug-likeness (QED) is 0.372. The number of carboxylic acids is 1. The van der Waals surface area contributed by atoms with Crippen molar-refractivity contribution in [2.24, 2.45) is 0 Å². The molecule has 0 aliphatic heterocycles. The Labute approximate surface area is 209 Å². The fourth-order valence-electron chi connectivity index (χ4n) is 3.97. The third kappa shape index (κ3) is 7.11. The van der Waals surface area contributed by atoms with Crippen LogP contribution in [0.5, 0.6) is 17.2 Å². The molecular formula is C26H27Cl2NO5. The Morgan fingerprint density at radius 1 is 1.03 bits per heavy atom. The van der Waals surface area contributed by atoms with Crippen molar-refractivity contribution in [1.82, 2.24) is 5.32 Å². The average molecular weight is 504 g/mol. The predicted molar refractivity (Wildman–Crippen MR) is 134 cm³/mol. The lowest BCUT2D eigenvalue weighted by Crippen LogP contribution is -2.37. The van der Waals surface area contributed by atoms with Crippen molar-refractivity contribution in [2.45, 2.75) is 31.4 Å². The normalized spacial score (nSPS) is 15.5. The summed E-state index contributed by atoms with van der Waals surface area (Å²) in [5.74, 6) is 0.848. The Bertz CT molecular complexity index is 1110. The van der Waals surface area contributed by atoms with Gasteiger partial charge < -0.3 is 25.0 Å². The molecule has 1 aliphatic rings. The second kappa shape index (κ2) is 12.1. The van der Waals surface area contributed by atoms with Crippen LogP contribution in [0.3, 0.4) is 0 Å². The monoisotopic (exact) mass is 503 g/mol. The average Bonchev–Trinajstić information content (AvgIpc) is 2.82. The lowest BCUT2D eigenvalue weighted by Gasteiger charge is -2.27. The Morgan fingerprint density at radius 3 is 2.50 bits per heavy atom. The minimum atomic E-state index is -1.02. The van der Waals surface area contributed by atoms with Gasteiger partial charge >= 0.3 is 5.97 Å². The molecule has 6 nitrogen and oxygen atoms in total. The maximum atomic E-state index is 10.6. The summed E-state index contributed by atoms with van der Waals surface area (Å²) in [6.45, 7) is 0.0865. The second-order valence-corrected chi connectivity index (χ2v) is 8.54. The molecule has 1 aliphatic carbocycles. The summed E-state index contributed by atoms with van der Waals surface area (Å²) in [6, 6.07) is 20.6. The number of nitrogens with one attached hydrogen (secondary N) is 1. The molecule has 3 N–H and O–H groups in total. The van der Waals surface area contributed by atoms with Gasteiger partial charge in [0.25, 0.3) is 0 Å². The first-order valence-corrected chi connectivity index (χ1v) is 11.3. The van der Waals surface area contributed by atoms with E-state index >= 15 is 0 Å². The van der Waals surface area contributed by atoms with Crippen LogP contribution in [0, 0.1) is 0 Å². The minimum Gasteiger partial charge on any atom is -0.482 e. The number of carboxylic acid groups (broad SMARTS) is 1. The van der Waals surface area contributed by atoms with E-state index < -0.39 is 12.1 Å². The Morgan fingerprint density at radius 2 is 1.76 bits per heavy atom. The molecule has 0 heterocycles. The maximum absolute atomic E-state index is 10.6. The lowest BCUT2D eigenvalue weighted by atomic mass is 9.88. The van der Waals surface area contributed by atoms with E-state index in [1.165, 1.54) is 11.1 Å². The highest BCUT2D eigenvalue weighted by Crippen LogP contribution is 2.29. The number of fused-ring (bicyclic) bond motifs is 1. The van der Waals surface area contributed by atoms with Crippen LogP contribution in [0.15, 0.2) is 66.7 Å². The summed E-state index contributed by atoms with van der Waals surface area (Å²) < 4.78 is 11.1. The van der Waals surface area contributed by atoms with Gasteiger partial charge in [0, 0.05) is 17.6 Å². The molecule has 8 heteroatoms.